The van der Waals surface area contributed by atoms with Gasteiger partial charge in [0.2, 0.25) is 0 Å². The van der Waals surface area contributed by atoms with Gasteiger partial charge in [0.05, 0.1) is 26.2 Å². The van der Waals surface area contributed by atoms with Crippen LogP contribution >= 0.6 is 0 Å². The van der Waals surface area contributed by atoms with Gasteiger partial charge in [0.25, 0.3) is 11.6 Å². The molecule has 9 heteroatoms. The second-order valence-corrected chi connectivity index (χ2v) is 6.74. The van der Waals surface area contributed by atoms with Crippen LogP contribution in [0, 0.1) is 10.1 Å². The lowest BCUT2D eigenvalue weighted by molar-refractivity contribution is -0.383. The third kappa shape index (κ3) is 4.73. The van der Waals surface area contributed by atoms with Crippen LogP contribution in [-0.2, 0) is 20.3 Å². The molecule has 1 atom stereocenters. The molecular weight excluding hydrogens is 360 g/mol. The predicted molar refractivity (Wildman–Crippen MR) is 95.4 cm³/mol. The zero-order valence-corrected chi connectivity index (χ0v) is 14.7. The summed E-state index contributed by atoms with van der Waals surface area (Å²) >= 11 is 0. The molecule has 26 heavy (non-hydrogen) atoms. The van der Waals surface area contributed by atoms with Crippen molar-refractivity contribution in [2.24, 2.45) is 0 Å². The number of hydrogen-bond donors (Lipinski definition) is 1. The Kier molecular flexibility index (Phi) is 6.56. The van der Waals surface area contributed by atoms with Crippen molar-refractivity contribution in [2.75, 3.05) is 17.7 Å². The van der Waals surface area contributed by atoms with Crippen LogP contribution in [0.5, 0.6) is 0 Å². The van der Waals surface area contributed by atoms with E-state index in [0.717, 1.165) is 0 Å². The summed E-state index contributed by atoms with van der Waals surface area (Å²) < 4.78 is 16.9. The van der Waals surface area contributed by atoms with E-state index in [0.29, 0.717) is 10.6 Å². The average Bonchev–Trinajstić information content (AvgIpc) is 2.65. The number of nitro groups is 1. The highest BCUT2D eigenvalue weighted by atomic mass is 32.2. The fourth-order valence-corrected chi connectivity index (χ4v) is 3.06. The Morgan fingerprint density at radius 1 is 1.15 bits per heavy atom. The molecule has 1 N–H and O–H groups in total. The second-order valence-electron chi connectivity index (χ2n) is 5.03. The van der Waals surface area contributed by atoms with E-state index in [4.69, 9.17) is 4.74 Å². The van der Waals surface area contributed by atoms with Crippen molar-refractivity contribution in [2.45, 2.75) is 11.8 Å². The molecule has 1 amide bonds. The van der Waals surface area contributed by atoms with E-state index in [9.17, 15) is 23.9 Å². The standard InChI is InChI=1S/C17H16N2O6S/c1-2-26(24)15-10-6-3-7-12(15)17(21)25-11-16(20)18-13-8-4-5-9-14(13)19(22)23/h3-10H,2,11H2,1H3,(H,18,20)/t26-/m1/s1. The van der Waals surface area contributed by atoms with Crippen molar-refractivity contribution in [3.05, 3.63) is 64.2 Å². The Bertz CT molecular complexity index is 868. The van der Waals surface area contributed by atoms with E-state index in [2.05, 4.69) is 5.32 Å². The molecule has 0 aliphatic rings. The number of carbonyl (C=O) groups is 2. The van der Waals surface area contributed by atoms with Crippen LogP contribution in [-0.4, -0.2) is 33.4 Å². The molecular formula is C17H16N2O6S. The summed E-state index contributed by atoms with van der Waals surface area (Å²) in [4.78, 5) is 34.7. The molecule has 2 aromatic carbocycles. The van der Waals surface area contributed by atoms with Crippen LogP contribution in [0.3, 0.4) is 0 Å². The van der Waals surface area contributed by atoms with Crippen LogP contribution < -0.4 is 5.32 Å². The number of nitrogens with zero attached hydrogens (tertiary/aromatic N) is 1. The lowest BCUT2D eigenvalue weighted by Gasteiger charge is -2.09. The molecule has 0 saturated carbocycles. The number of para-hydroxylation sites is 2. The van der Waals surface area contributed by atoms with Gasteiger partial charge >= 0.3 is 5.97 Å². The van der Waals surface area contributed by atoms with Crippen LogP contribution in [0.25, 0.3) is 0 Å². The fraction of sp³-hybridized carbons (Fsp3) is 0.176. The summed E-state index contributed by atoms with van der Waals surface area (Å²) in [6, 6.07) is 11.9. The zero-order valence-electron chi connectivity index (χ0n) is 13.8. The minimum atomic E-state index is -1.35. The van der Waals surface area contributed by atoms with E-state index in [1.807, 2.05) is 0 Å². The average molecular weight is 376 g/mol. The third-order valence-corrected chi connectivity index (χ3v) is 4.69. The molecule has 0 aliphatic heterocycles. The molecule has 2 rings (SSSR count). The first-order valence-electron chi connectivity index (χ1n) is 7.61. The number of nitro benzene ring substituents is 1. The highest BCUT2D eigenvalue weighted by molar-refractivity contribution is 7.85. The van der Waals surface area contributed by atoms with Gasteiger partial charge in [-0.3, -0.25) is 19.1 Å². The van der Waals surface area contributed by atoms with E-state index in [1.54, 1.807) is 25.1 Å². The van der Waals surface area contributed by atoms with Gasteiger partial charge in [-0.2, -0.15) is 0 Å². The molecule has 0 heterocycles. The first-order valence-corrected chi connectivity index (χ1v) is 8.93. The third-order valence-electron chi connectivity index (χ3n) is 3.32. The number of carbonyl (C=O) groups excluding carboxylic acids is 2. The zero-order chi connectivity index (χ0) is 19.1. The van der Waals surface area contributed by atoms with E-state index in [1.165, 1.54) is 30.3 Å². The molecule has 0 fully saturated rings. The monoisotopic (exact) mass is 376 g/mol. The topological polar surface area (TPSA) is 116 Å². The van der Waals surface area contributed by atoms with Gasteiger partial charge in [-0.1, -0.05) is 31.2 Å². The van der Waals surface area contributed by atoms with Crippen molar-refractivity contribution in [1.82, 2.24) is 0 Å². The molecule has 2 aromatic rings. The number of nitrogens with one attached hydrogen (secondary N) is 1. The van der Waals surface area contributed by atoms with Gasteiger partial charge in [0.1, 0.15) is 5.69 Å². The summed E-state index contributed by atoms with van der Waals surface area (Å²) in [5, 5.41) is 13.3. The van der Waals surface area contributed by atoms with Crippen LogP contribution in [0.4, 0.5) is 11.4 Å². The van der Waals surface area contributed by atoms with Gasteiger partial charge in [0.15, 0.2) is 6.61 Å². The molecule has 0 saturated heterocycles. The molecule has 8 nitrogen and oxygen atoms in total. The second kappa shape index (κ2) is 8.86. The molecule has 0 spiro atoms. The quantitative estimate of drug-likeness (QED) is 0.451. The Balaban J connectivity index is 2.04. The largest absolute Gasteiger partial charge is 0.452 e. The van der Waals surface area contributed by atoms with Gasteiger partial charge < -0.3 is 10.1 Å². The Labute approximate surface area is 151 Å². The summed E-state index contributed by atoms with van der Waals surface area (Å²) in [6.07, 6.45) is 0. The molecule has 136 valence electrons. The smallest absolute Gasteiger partial charge is 0.339 e. The number of anilines is 1. The highest BCUT2D eigenvalue weighted by Crippen LogP contribution is 2.23. The van der Waals surface area contributed by atoms with E-state index < -0.39 is 34.2 Å². The first kappa shape index (κ1) is 19.3. The molecule has 0 aliphatic carbocycles. The van der Waals surface area contributed by atoms with Crippen molar-refractivity contribution in [3.8, 4) is 0 Å². The maximum absolute atomic E-state index is 12.2. The number of rotatable bonds is 7. The van der Waals surface area contributed by atoms with E-state index >= 15 is 0 Å². The molecule has 0 unspecified atom stereocenters. The highest BCUT2D eigenvalue weighted by Gasteiger charge is 2.19. The first-order chi connectivity index (χ1) is 12.4. The van der Waals surface area contributed by atoms with Crippen molar-refractivity contribution < 1.29 is 23.5 Å². The lowest BCUT2D eigenvalue weighted by Crippen LogP contribution is -2.22. The summed E-state index contributed by atoms with van der Waals surface area (Å²) in [7, 11) is -1.35. The van der Waals surface area contributed by atoms with Crippen molar-refractivity contribution in [3.63, 3.8) is 0 Å². The number of benzene rings is 2. The van der Waals surface area contributed by atoms with Crippen LogP contribution in [0.2, 0.25) is 0 Å². The lowest BCUT2D eigenvalue weighted by atomic mass is 10.2. The minimum absolute atomic E-state index is 0.00559. The van der Waals surface area contributed by atoms with Crippen LogP contribution in [0.15, 0.2) is 53.4 Å². The van der Waals surface area contributed by atoms with Crippen molar-refractivity contribution >= 4 is 34.1 Å². The Morgan fingerprint density at radius 2 is 1.81 bits per heavy atom. The van der Waals surface area contributed by atoms with Gasteiger partial charge in [-0.25, -0.2) is 4.79 Å². The van der Waals surface area contributed by atoms with Crippen molar-refractivity contribution in [1.29, 1.82) is 0 Å². The summed E-state index contributed by atoms with van der Waals surface area (Å²) in [5.74, 6) is -1.18. The minimum Gasteiger partial charge on any atom is -0.452 e. The van der Waals surface area contributed by atoms with Crippen LogP contribution in [0.1, 0.15) is 17.3 Å². The number of esters is 1. The van der Waals surface area contributed by atoms with Gasteiger partial charge in [-0.15, -0.1) is 0 Å². The Hall–Kier alpha value is -3.07. The normalized spacial score (nSPS) is 11.4. The molecule has 0 aromatic heterocycles. The SMILES string of the molecule is CC[S@@](=O)c1ccccc1C(=O)OCC(=O)Nc1ccccc1[N+](=O)[O-]. The Morgan fingerprint density at radius 3 is 2.50 bits per heavy atom. The summed E-state index contributed by atoms with van der Waals surface area (Å²) in [6.45, 7) is 1.09. The number of hydrogen-bond acceptors (Lipinski definition) is 6. The molecule has 0 radical (unpaired) electrons. The summed E-state index contributed by atoms with van der Waals surface area (Å²) in [5.41, 5.74) is -0.145. The maximum Gasteiger partial charge on any atom is 0.339 e. The maximum atomic E-state index is 12.2. The number of amides is 1. The predicted octanol–water partition coefficient (Wildman–Crippen LogP) is 2.52. The fourth-order valence-electron chi connectivity index (χ4n) is 2.12. The van der Waals surface area contributed by atoms with E-state index in [-0.39, 0.29) is 16.9 Å². The molecule has 0 bridgehead atoms. The number of ether oxygens (including phenoxy) is 1. The van der Waals surface area contributed by atoms with Gasteiger partial charge in [0, 0.05) is 11.8 Å². The van der Waals surface area contributed by atoms with Gasteiger partial charge in [-0.05, 0) is 18.2 Å².